The molecule has 0 spiro atoms. The first-order valence-corrected chi connectivity index (χ1v) is 5.10. The highest BCUT2D eigenvalue weighted by Gasteiger charge is 2.30. The van der Waals surface area contributed by atoms with E-state index in [0.717, 1.165) is 38.2 Å². The van der Waals surface area contributed by atoms with Crippen molar-refractivity contribution in [2.45, 2.75) is 39.0 Å². The first-order valence-electron chi connectivity index (χ1n) is 5.10. The van der Waals surface area contributed by atoms with Crippen molar-refractivity contribution in [1.82, 2.24) is 0 Å². The molecule has 1 radical (unpaired) electrons. The minimum absolute atomic E-state index is 0.108. The first kappa shape index (κ1) is 10.7. The number of hydrogen-bond donors (Lipinski definition) is 0. The standard InChI is InChI=1S/C11H17F2/c1-2-3-4-5-10(8-11(12)13)9-6-7-9/h6,8-10H,2-5,7H2,1H3. The number of rotatable bonds is 6. The van der Waals surface area contributed by atoms with Gasteiger partial charge in [0, 0.05) is 0 Å². The van der Waals surface area contributed by atoms with Crippen molar-refractivity contribution in [2.24, 2.45) is 11.8 Å². The van der Waals surface area contributed by atoms with Gasteiger partial charge < -0.3 is 0 Å². The quantitative estimate of drug-likeness (QED) is 0.547. The Morgan fingerprint density at radius 1 is 1.54 bits per heavy atom. The van der Waals surface area contributed by atoms with Crippen LogP contribution in [-0.4, -0.2) is 0 Å². The Morgan fingerprint density at radius 2 is 2.23 bits per heavy atom. The lowest BCUT2D eigenvalue weighted by Crippen LogP contribution is -1.99. The Bertz CT molecular complexity index is 167. The zero-order valence-electron chi connectivity index (χ0n) is 8.10. The minimum Gasteiger partial charge on any atom is -0.174 e. The number of halogens is 2. The minimum atomic E-state index is -1.51. The van der Waals surface area contributed by atoms with E-state index in [2.05, 4.69) is 13.3 Å². The third-order valence-electron chi connectivity index (χ3n) is 2.54. The number of hydrogen-bond acceptors (Lipinski definition) is 0. The van der Waals surface area contributed by atoms with Gasteiger partial charge in [-0.15, -0.1) is 0 Å². The highest BCUT2D eigenvalue weighted by molar-refractivity contribution is 5.05. The van der Waals surface area contributed by atoms with Gasteiger partial charge in [0.05, 0.1) is 0 Å². The lowest BCUT2D eigenvalue weighted by molar-refractivity contribution is 0.395. The maximum atomic E-state index is 12.0. The maximum absolute atomic E-state index is 12.0. The molecule has 1 fully saturated rings. The highest BCUT2D eigenvalue weighted by Crippen LogP contribution is 2.39. The molecule has 0 saturated heterocycles. The molecular weight excluding hydrogens is 170 g/mol. The third kappa shape index (κ3) is 4.39. The molecule has 0 aliphatic heterocycles. The molecule has 13 heavy (non-hydrogen) atoms. The molecule has 0 amide bonds. The average molecular weight is 187 g/mol. The topological polar surface area (TPSA) is 0 Å². The van der Waals surface area contributed by atoms with Crippen molar-refractivity contribution in [3.8, 4) is 0 Å². The Labute approximate surface area is 79.0 Å². The van der Waals surface area contributed by atoms with Crippen molar-refractivity contribution in [3.63, 3.8) is 0 Å². The van der Waals surface area contributed by atoms with Crippen LogP contribution in [0.3, 0.4) is 0 Å². The molecule has 2 atom stereocenters. The van der Waals surface area contributed by atoms with Crippen LogP contribution in [0.15, 0.2) is 12.2 Å². The van der Waals surface area contributed by atoms with E-state index < -0.39 is 6.08 Å². The predicted molar refractivity (Wildman–Crippen MR) is 50.3 cm³/mol. The maximum Gasteiger partial charge on any atom is 0.266 e. The number of allylic oxidation sites excluding steroid dienone is 1. The molecule has 2 unspecified atom stereocenters. The van der Waals surface area contributed by atoms with E-state index in [9.17, 15) is 8.78 Å². The molecule has 1 rings (SSSR count). The predicted octanol–water partition coefficient (Wildman–Crippen LogP) is 4.19. The first-order chi connectivity index (χ1) is 6.24. The van der Waals surface area contributed by atoms with E-state index in [1.165, 1.54) is 0 Å². The van der Waals surface area contributed by atoms with Gasteiger partial charge in [0.25, 0.3) is 6.08 Å². The molecule has 1 saturated carbocycles. The summed E-state index contributed by atoms with van der Waals surface area (Å²) in [6.45, 7) is 2.13. The smallest absolute Gasteiger partial charge is 0.174 e. The zero-order chi connectivity index (χ0) is 9.68. The van der Waals surface area contributed by atoms with Crippen LogP contribution in [0.1, 0.15) is 39.0 Å². The van der Waals surface area contributed by atoms with Crippen LogP contribution in [-0.2, 0) is 0 Å². The second kappa shape index (κ2) is 5.36. The van der Waals surface area contributed by atoms with Gasteiger partial charge in [-0.2, -0.15) is 8.78 Å². The normalized spacial score (nSPS) is 18.4. The van der Waals surface area contributed by atoms with Crippen LogP contribution < -0.4 is 0 Å². The second-order valence-electron chi connectivity index (χ2n) is 3.75. The zero-order valence-corrected chi connectivity index (χ0v) is 8.10. The summed E-state index contributed by atoms with van der Waals surface area (Å²) in [6.07, 6.45) is 7.09. The van der Waals surface area contributed by atoms with Crippen molar-refractivity contribution >= 4 is 0 Å². The summed E-state index contributed by atoms with van der Waals surface area (Å²) in [6, 6.07) is 0. The molecule has 0 bridgehead atoms. The van der Waals surface area contributed by atoms with E-state index in [0.29, 0.717) is 5.92 Å². The van der Waals surface area contributed by atoms with Gasteiger partial charge in [0.2, 0.25) is 0 Å². The largest absolute Gasteiger partial charge is 0.266 e. The molecule has 0 aromatic rings. The monoisotopic (exact) mass is 187 g/mol. The SMILES string of the molecule is CCCCCC(C=C(F)F)C1[CH]C1. The van der Waals surface area contributed by atoms with Crippen molar-refractivity contribution in [3.05, 3.63) is 18.6 Å². The molecule has 0 heterocycles. The molecule has 0 N–H and O–H groups in total. The summed E-state index contributed by atoms with van der Waals surface area (Å²) in [5.41, 5.74) is 0. The molecule has 75 valence electrons. The summed E-state index contributed by atoms with van der Waals surface area (Å²) in [7, 11) is 0. The lowest BCUT2D eigenvalue weighted by Gasteiger charge is -2.09. The molecule has 0 nitrogen and oxygen atoms in total. The van der Waals surface area contributed by atoms with Crippen LogP contribution in [0.25, 0.3) is 0 Å². The summed E-state index contributed by atoms with van der Waals surface area (Å²) < 4.78 is 24.1. The summed E-state index contributed by atoms with van der Waals surface area (Å²) in [4.78, 5) is 0. The fourth-order valence-corrected chi connectivity index (χ4v) is 1.64. The van der Waals surface area contributed by atoms with Gasteiger partial charge in [-0.3, -0.25) is 0 Å². The van der Waals surface area contributed by atoms with E-state index in [1.54, 1.807) is 0 Å². The van der Waals surface area contributed by atoms with Crippen LogP contribution >= 0.6 is 0 Å². The summed E-state index contributed by atoms with van der Waals surface area (Å²) >= 11 is 0. The van der Waals surface area contributed by atoms with Crippen molar-refractivity contribution in [2.75, 3.05) is 0 Å². The van der Waals surface area contributed by atoms with Gasteiger partial charge in [-0.25, -0.2) is 0 Å². The average Bonchev–Trinajstić information content (AvgIpc) is 2.84. The van der Waals surface area contributed by atoms with Gasteiger partial charge >= 0.3 is 0 Å². The van der Waals surface area contributed by atoms with Gasteiger partial charge in [0.1, 0.15) is 0 Å². The van der Waals surface area contributed by atoms with Crippen LogP contribution in [0, 0.1) is 18.3 Å². The van der Waals surface area contributed by atoms with Crippen LogP contribution in [0.2, 0.25) is 0 Å². The fourth-order valence-electron chi connectivity index (χ4n) is 1.64. The fraction of sp³-hybridized carbons (Fsp3) is 0.727. The molecule has 2 heteroatoms. The van der Waals surface area contributed by atoms with Gasteiger partial charge in [-0.1, -0.05) is 26.2 Å². The highest BCUT2D eigenvalue weighted by atomic mass is 19.3. The van der Waals surface area contributed by atoms with Crippen molar-refractivity contribution in [1.29, 1.82) is 0 Å². The Morgan fingerprint density at radius 3 is 2.69 bits per heavy atom. The van der Waals surface area contributed by atoms with E-state index in [1.807, 2.05) is 0 Å². The molecular formula is C11H17F2. The van der Waals surface area contributed by atoms with Gasteiger partial charge in [0.15, 0.2) is 0 Å². The summed E-state index contributed by atoms with van der Waals surface area (Å²) in [5, 5.41) is 0. The molecule has 1 aliphatic carbocycles. The lowest BCUT2D eigenvalue weighted by atomic mass is 9.96. The second-order valence-corrected chi connectivity index (χ2v) is 3.75. The van der Waals surface area contributed by atoms with E-state index in [4.69, 9.17) is 0 Å². The summed E-state index contributed by atoms with van der Waals surface area (Å²) in [5.74, 6) is 0.551. The molecule has 0 aromatic heterocycles. The van der Waals surface area contributed by atoms with Crippen LogP contribution in [0.5, 0.6) is 0 Å². The van der Waals surface area contributed by atoms with Crippen LogP contribution in [0.4, 0.5) is 8.78 Å². The van der Waals surface area contributed by atoms with Crippen molar-refractivity contribution < 1.29 is 8.78 Å². The number of unbranched alkanes of at least 4 members (excludes halogenated alkanes) is 2. The molecule has 0 aromatic carbocycles. The third-order valence-corrected chi connectivity index (χ3v) is 2.54. The Kier molecular flexibility index (Phi) is 4.40. The Hall–Kier alpha value is -0.400. The molecule has 1 aliphatic rings. The Balaban J connectivity index is 2.26. The van der Waals surface area contributed by atoms with E-state index in [-0.39, 0.29) is 5.92 Å². The van der Waals surface area contributed by atoms with E-state index >= 15 is 0 Å². The van der Waals surface area contributed by atoms with Gasteiger partial charge in [-0.05, 0) is 37.2 Å².